The standard InChI is InChI=1S/C12H13ClFN3/c1-7-10(6-16-17(7)2)12(15)9-5-8(14)3-4-11(9)13/h3-6,12H,15H2,1-2H3. The van der Waals surface area contributed by atoms with Gasteiger partial charge < -0.3 is 5.73 Å². The first-order chi connectivity index (χ1) is 8.00. The largest absolute Gasteiger partial charge is 0.320 e. The Labute approximate surface area is 104 Å². The van der Waals surface area contributed by atoms with E-state index < -0.39 is 6.04 Å². The molecule has 0 amide bonds. The maximum atomic E-state index is 13.2. The maximum absolute atomic E-state index is 13.2. The molecule has 1 heterocycles. The lowest BCUT2D eigenvalue weighted by atomic mass is 10.0. The van der Waals surface area contributed by atoms with Crippen molar-refractivity contribution in [3.05, 3.63) is 52.1 Å². The zero-order valence-corrected chi connectivity index (χ0v) is 10.4. The molecule has 0 aliphatic heterocycles. The van der Waals surface area contributed by atoms with Gasteiger partial charge in [0.15, 0.2) is 0 Å². The topological polar surface area (TPSA) is 43.8 Å². The molecule has 2 rings (SSSR count). The molecule has 3 nitrogen and oxygen atoms in total. The highest BCUT2D eigenvalue weighted by atomic mass is 35.5. The molecule has 1 aromatic heterocycles. The monoisotopic (exact) mass is 253 g/mol. The van der Waals surface area contributed by atoms with E-state index in [-0.39, 0.29) is 5.82 Å². The lowest BCUT2D eigenvalue weighted by molar-refractivity contribution is 0.623. The summed E-state index contributed by atoms with van der Waals surface area (Å²) in [4.78, 5) is 0. The summed E-state index contributed by atoms with van der Waals surface area (Å²) in [5, 5.41) is 4.57. The highest BCUT2D eigenvalue weighted by molar-refractivity contribution is 6.31. The van der Waals surface area contributed by atoms with Gasteiger partial charge in [0.1, 0.15) is 5.82 Å². The van der Waals surface area contributed by atoms with Gasteiger partial charge in [-0.25, -0.2) is 4.39 Å². The molecule has 5 heteroatoms. The molecule has 0 saturated carbocycles. The normalized spacial score (nSPS) is 12.8. The van der Waals surface area contributed by atoms with Crippen LogP contribution in [0.1, 0.15) is 22.9 Å². The van der Waals surface area contributed by atoms with E-state index >= 15 is 0 Å². The number of rotatable bonds is 2. The fraction of sp³-hybridized carbons (Fsp3) is 0.250. The highest BCUT2D eigenvalue weighted by Gasteiger charge is 2.17. The number of benzene rings is 1. The summed E-state index contributed by atoms with van der Waals surface area (Å²) in [6, 6.07) is 3.72. The van der Waals surface area contributed by atoms with Gasteiger partial charge in [0, 0.05) is 23.3 Å². The Kier molecular flexibility index (Phi) is 3.17. The van der Waals surface area contributed by atoms with Crippen LogP contribution in [0.4, 0.5) is 4.39 Å². The van der Waals surface area contributed by atoms with Crippen molar-refractivity contribution in [1.29, 1.82) is 0 Å². The second-order valence-electron chi connectivity index (χ2n) is 3.95. The average molecular weight is 254 g/mol. The predicted molar refractivity (Wildman–Crippen MR) is 65.4 cm³/mol. The van der Waals surface area contributed by atoms with Gasteiger partial charge in [-0.3, -0.25) is 4.68 Å². The zero-order valence-electron chi connectivity index (χ0n) is 9.61. The third kappa shape index (κ3) is 2.18. The van der Waals surface area contributed by atoms with Crippen molar-refractivity contribution in [1.82, 2.24) is 9.78 Å². The zero-order chi connectivity index (χ0) is 12.6. The van der Waals surface area contributed by atoms with Crippen LogP contribution in [0.15, 0.2) is 24.4 Å². The van der Waals surface area contributed by atoms with Gasteiger partial charge in [-0.1, -0.05) is 11.6 Å². The molecule has 0 aliphatic rings. The number of aromatic nitrogens is 2. The number of halogens is 2. The van der Waals surface area contributed by atoms with Crippen molar-refractivity contribution in [2.24, 2.45) is 12.8 Å². The fourth-order valence-corrected chi connectivity index (χ4v) is 1.98. The predicted octanol–water partition coefficient (Wildman–Crippen LogP) is 2.57. The lowest BCUT2D eigenvalue weighted by Crippen LogP contribution is -2.13. The minimum Gasteiger partial charge on any atom is -0.320 e. The molecule has 17 heavy (non-hydrogen) atoms. The average Bonchev–Trinajstić information content (AvgIpc) is 2.62. The molecule has 90 valence electrons. The Balaban J connectivity index is 2.47. The van der Waals surface area contributed by atoms with Crippen LogP contribution in [0.2, 0.25) is 5.02 Å². The van der Waals surface area contributed by atoms with E-state index in [2.05, 4.69) is 5.10 Å². The molecule has 2 aromatic rings. The summed E-state index contributed by atoms with van der Waals surface area (Å²) in [6.07, 6.45) is 1.68. The summed E-state index contributed by atoms with van der Waals surface area (Å²) in [6.45, 7) is 1.91. The molecular formula is C12H13ClFN3. The first kappa shape index (κ1) is 12.1. The Bertz CT molecular complexity index is 551. The van der Waals surface area contributed by atoms with Crippen LogP contribution in [0.5, 0.6) is 0 Å². The number of nitrogens with two attached hydrogens (primary N) is 1. The van der Waals surface area contributed by atoms with Crippen molar-refractivity contribution in [2.45, 2.75) is 13.0 Å². The molecule has 2 N–H and O–H groups in total. The van der Waals surface area contributed by atoms with Crippen LogP contribution in [0, 0.1) is 12.7 Å². The van der Waals surface area contributed by atoms with Gasteiger partial charge in [-0.05, 0) is 30.7 Å². The smallest absolute Gasteiger partial charge is 0.123 e. The summed E-state index contributed by atoms with van der Waals surface area (Å²) in [5.74, 6) is -0.346. The fourth-order valence-electron chi connectivity index (χ4n) is 1.74. The third-order valence-electron chi connectivity index (χ3n) is 2.90. The van der Waals surface area contributed by atoms with Crippen LogP contribution >= 0.6 is 11.6 Å². The number of aryl methyl sites for hydroxylation is 1. The van der Waals surface area contributed by atoms with Gasteiger partial charge in [0.2, 0.25) is 0 Å². The molecular weight excluding hydrogens is 241 g/mol. The lowest BCUT2D eigenvalue weighted by Gasteiger charge is -2.13. The third-order valence-corrected chi connectivity index (χ3v) is 3.25. The molecule has 0 fully saturated rings. The molecule has 0 aliphatic carbocycles. The molecule has 1 atom stereocenters. The summed E-state index contributed by atoms with van der Waals surface area (Å²) < 4.78 is 14.9. The Morgan fingerprint density at radius 1 is 1.41 bits per heavy atom. The molecule has 0 spiro atoms. The molecule has 0 bridgehead atoms. The minimum atomic E-state index is -0.466. The maximum Gasteiger partial charge on any atom is 0.123 e. The van der Waals surface area contributed by atoms with Crippen LogP contribution in [0.25, 0.3) is 0 Å². The van der Waals surface area contributed by atoms with E-state index in [4.69, 9.17) is 17.3 Å². The quantitative estimate of drug-likeness (QED) is 0.894. The SMILES string of the molecule is Cc1c(C(N)c2cc(F)ccc2Cl)cnn1C. The van der Waals surface area contributed by atoms with Crippen LogP contribution < -0.4 is 5.73 Å². The number of hydrogen-bond donors (Lipinski definition) is 1. The summed E-state index contributed by atoms with van der Waals surface area (Å²) in [7, 11) is 1.83. The van der Waals surface area contributed by atoms with Crippen LogP contribution in [-0.4, -0.2) is 9.78 Å². The van der Waals surface area contributed by atoms with Crippen molar-refractivity contribution >= 4 is 11.6 Å². The van der Waals surface area contributed by atoms with Gasteiger partial charge >= 0.3 is 0 Å². The molecule has 0 saturated heterocycles. The first-order valence-corrected chi connectivity index (χ1v) is 5.57. The van der Waals surface area contributed by atoms with Gasteiger partial charge in [-0.2, -0.15) is 5.10 Å². The highest BCUT2D eigenvalue weighted by Crippen LogP contribution is 2.28. The second-order valence-corrected chi connectivity index (χ2v) is 4.36. The van der Waals surface area contributed by atoms with Crippen molar-refractivity contribution in [3.63, 3.8) is 0 Å². The van der Waals surface area contributed by atoms with Gasteiger partial charge in [-0.15, -0.1) is 0 Å². The Morgan fingerprint density at radius 3 is 2.71 bits per heavy atom. The van der Waals surface area contributed by atoms with Crippen molar-refractivity contribution in [3.8, 4) is 0 Å². The number of nitrogens with zero attached hydrogens (tertiary/aromatic N) is 2. The van der Waals surface area contributed by atoms with Gasteiger partial charge in [0.25, 0.3) is 0 Å². The second kappa shape index (κ2) is 4.47. The van der Waals surface area contributed by atoms with Crippen molar-refractivity contribution < 1.29 is 4.39 Å². The van der Waals surface area contributed by atoms with Crippen molar-refractivity contribution in [2.75, 3.05) is 0 Å². The van der Waals surface area contributed by atoms with E-state index in [1.807, 2.05) is 14.0 Å². The summed E-state index contributed by atoms with van der Waals surface area (Å²) in [5.41, 5.74) is 8.46. The summed E-state index contributed by atoms with van der Waals surface area (Å²) >= 11 is 6.03. The molecule has 1 unspecified atom stereocenters. The van der Waals surface area contributed by atoms with Crippen LogP contribution in [0.3, 0.4) is 0 Å². The number of hydrogen-bond acceptors (Lipinski definition) is 2. The van der Waals surface area contributed by atoms with Gasteiger partial charge in [0.05, 0.1) is 12.2 Å². The van der Waals surface area contributed by atoms with E-state index in [9.17, 15) is 4.39 Å². The minimum absolute atomic E-state index is 0.346. The molecule has 0 radical (unpaired) electrons. The molecule has 1 aromatic carbocycles. The van der Waals surface area contributed by atoms with E-state index in [0.717, 1.165) is 11.3 Å². The van der Waals surface area contributed by atoms with E-state index in [1.54, 1.807) is 10.9 Å². The Hall–Kier alpha value is -1.39. The van der Waals surface area contributed by atoms with E-state index in [1.165, 1.54) is 18.2 Å². The Morgan fingerprint density at radius 2 is 2.12 bits per heavy atom. The van der Waals surface area contributed by atoms with E-state index in [0.29, 0.717) is 10.6 Å². The van der Waals surface area contributed by atoms with Crippen LogP contribution in [-0.2, 0) is 7.05 Å². The first-order valence-electron chi connectivity index (χ1n) is 5.19.